The Balaban J connectivity index is 1.56. The third kappa shape index (κ3) is 3.36. The van der Waals surface area contributed by atoms with Crippen molar-refractivity contribution in [1.29, 1.82) is 0 Å². The summed E-state index contributed by atoms with van der Waals surface area (Å²) in [5, 5.41) is 0. The molecule has 138 valence electrons. The van der Waals surface area contributed by atoms with Crippen molar-refractivity contribution in [1.82, 2.24) is 19.7 Å². The second-order valence-electron chi connectivity index (χ2n) is 8.40. The number of hydrogen-bond donors (Lipinski definition) is 0. The van der Waals surface area contributed by atoms with Crippen LogP contribution in [0.1, 0.15) is 36.3 Å². The molecule has 0 spiro atoms. The lowest BCUT2D eigenvalue weighted by Crippen LogP contribution is -2.66. The van der Waals surface area contributed by atoms with Crippen LogP contribution < -0.4 is 0 Å². The minimum absolute atomic E-state index is 0.384. The van der Waals surface area contributed by atoms with E-state index in [0.29, 0.717) is 29.8 Å². The van der Waals surface area contributed by atoms with Gasteiger partial charge in [-0.3, -0.25) is 9.69 Å². The van der Waals surface area contributed by atoms with Gasteiger partial charge in [-0.25, -0.2) is 4.98 Å². The van der Waals surface area contributed by atoms with E-state index in [4.69, 9.17) is 0 Å². The predicted octanol–water partition coefficient (Wildman–Crippen LogP) is 2.21. The highest BCUT2D eigenvalue weighted by atomic mass is 32.1. The number of thiazole rings is 1. The van der Waals surface area contributed by atoms with Crippen molar-refractivity contribution in [3.63, 3.8) is 0 Å². The quantitative estimate of drug-likeness (QED) is 0.823. The summed E-state index contributed by atoms with van der Waals surface area (Å²) in [5.74, 6) is 1.66. The summed E-state index contributed by atoms with van der Waals surface area (Å²) < 4.78 is 0. The van der Waals surface area contributed by atoms with Gasteiger partial charge >= 0.3 is 0 Å². The Bertz CT molecular complexity index is 631. The summed E-state index contributed by atoms with van der Waals surface area (Å²) in [4.78, 5) is 25.8. The van der Waals surface area contributed by atoms with Crippen LogP contribution in [0.2, 0.25) is 0 Å². The lowest BCUT2D eigenvalue weighted by Gasteiger charge is -2.57. The van der Waals surface area contributed by atoms with Crippen LogP contribution in [0.3, 0.4) is 0 Å². The van der Waals surface area contributed by atoms with E-state index in [-0.39, 0.29) is 0 Å². The molecule has 0 saturated carbocycles. The lowest BCUT2D eigenvalue weighted by atomic mass is 9.72. The predicted molar refractivity (Wildman–Crippen MR) is 101 cm³/mol. The van der Waals surface area contributed by atoms with Gasteiger partial charge in [0, 0.05) is 49.6 Å². The van der Waals surface area contributed by atoms with Crippen molar-refractivity contribution in [3.8, 4) is 0 Å². The fraction of sp³-hybridized carbons (Fsp3) is 0.789. The van der Waals surface area contributed by atoms with Crippen molar-refractivity contribution in [2.75, 3.05) is 33.7 Å². The molecule has 4 rings (SSSR count). The molecule has 5 nitrogen and oxygen atoms in total. The van der Waals surface area contributed by atoms with Crippen molar-refractivity contribution >= 4 is 17.2 Å². The van der Waals surface area contributed by atoms with Crippen LogP contribution >= 0.6 is 11.3 Å². The average molecular weight is 363 g/mol. The van der Waals surface area contributed by atoms with E-state index in [9.17, 15) is 4.79 Å². The van der Waals surface area contributed by atoms with Gasteiger partial charge in [0.15, 0.2) is 0 Å². The zero-order valence-corrected chi connectivity index (χ0v) is 16.5. The van der Waals surface area contributed by atoms with Gasteiger partial charge in [-0.1, -0.05) is 0 Å². The highest BCUT2D eigenvalue weighted by Crippen LogP contribution is 2.42. The largest absolute Gasteiger partial charge is 0.335 e. The lowest BCUT2D eigenvalue weighted by molar-refractivity contribution is -0.153. The highest BCUT2D eigenvalue weighted by Gasteiger charge is 2.49. The topological polar surface area (TPSA) is 39.7 Å². The van der Waals surface area contributed by atoms with Crippen LogP contribution in [-0.2, 0) is 11.3 Å². The smallest absolute Gasteiger partial charge is 0.223 e. The second-order valence-corrected chi connectivity index (χ2v) is 9.34. The van der Waals surface area contributed by atoms with Crippen molar-refractivity contribution in [2.45, 2.75) is 51.2 Å². The number of rotatable bonds is 4. The fourth-order valence-electron chi connectivity index (χ4n) is 5.29. The van der Waals surface area contributed by atoms with Gasteiger partial charge in [0.05, 0.1) is 11.2 Å². The minimum Gasteiger partial charge on any atom is -0.335 e. The van der Waals surface area contributed by atoms with Crippen LogP contribution in [0.4, 0.5) is 0 Å². The number of nitrogens with zero attached hydrogens (tertiary/aromatic N) is 4. The van der Waals surface area contributed by atoms with E-state index in [0.717, 1.165) is 39.0 Å². The Morgan fingerprint density at radius 1 is 1.32 bits per heavy atom. The second kappa shape index (κ2) is 6.97. The molecule has 0 aliphatic carbocycles. The molecule has 3 aliphatic heterocycles. The summed E-state index contributed by atoms with van der Waals surface area (Å²) in [6, 6.07) is 0.849. The number of carbonyl (C=O) groups excluding carboxylic acids is 1. The average Bonchev–Trinajstić information content (AvgIpc) is 2.96. The number of carbonyl (C=O) groups is 1. The molecule has 3 saturated heterocycles. The normalized spacial score (nSPS) is 33.0. The fourth-order valence-corrected chi connectivity index (χ4v) is 6.11. The molecule has 2 bridgehead atoms. The van der Waals surface area contributed by atoms with Gasteiger partial charge in [0.25, 0.3) is 0 Å². The number of likely N-dealkylation sites (N-methyl/N-ethyl adjacent to an activating group) is 1. The standard InChI is InChI=1S/C19H30N4OS/c1-13-18(25-12-20-13)11-22-8-14-7-15(9-22)17(10-21(2)3)23-16(14)5-4-6-19(23)24/h12,14-17H,4-11H2,1-3H3/t14-,15+,16+,17+/m1/s1. The molecule has 0 aromatic carbocycles. The highest BCUT2D eigenvalue weighted by molar-refractivity contribution is 7.09. The maximum absolute atomic E-state index is 12.7. The molecule has 4 atom stereocenters. The molecule has 0 radical (unpaired) electrons. The van der Waals surface area contributed by atoms with E-state index in [2.05, 4.69) is 40.7 Å². The number of aromatic nitrogens is 1. The molecule has 1 amide bonds. The Morgan fingerprint density at radius 2 is 2.12 bits per heavy atom. The summed E-state index contributed by atoms with van der Waals surface area (Å²) in [7, 11) is 4.27. The first kappa shape index (κ1) is 17.4. The van der Waals surface area contributed by atoms with Gasteiger partial charge in [-0.15, -0.1) is 11.3 Å². The van der Waals surface area contributed by atoms with Crippen molar-refractivity contribution in [2.24, 2.45) is 11.8 Å². The molecular formula is C19H30N4OS. The van der Waals surface area contributed by atoms with Crippen LogP contribution in [-0.4, -0.2) is 71.4 Å². The molecule has 4 heterocycles. The molecule has 0 unspecified atom stereocenters. The summed E-state index contributed by atoms with van der Waals surface area (Å²) in [6.45, 7) is 6.39. The molecular weight excluding hydrogens is 332 g/mol. The zero-order chi connectivity index (χ0) is 17.6. The van der Waals surface area contributed by atoms with Crippen LogP contribution in [0, 0.1) is 18.8 Å². The summed E-state index contributed by atoms with van der Waals surface area (Å²) in [6.07, 6.45) is 4.32. The van der Waals surface area contributed by atoms with E-state index < -0.39 is 0 Å². The monoisotopic (exact) mass is 362 g/mol. The number of amides is 1. The molecule has 3 aliphatic rings. The Hall–Kier alpha value is -0.980. The Morgan fingerprint density at radius 3 is 2.84 bits per heavy atom. The molecule has 1 aromatic heterocycles. The molecule has 1 aromatic rings. The van der Waals surface area contributed by atoms with E-state index >= 15 is 0 Å². The van der Waals surface area contributed by atoms with Gasteiger partial charge in [0.2, 0.25) is 5.91 Å². The maximum atomic E-state index is 12.7. The number of likely N-dealkylation sites (tertiary alicyclic amines) is 1. The van der Waals surface area contributed by atoms with Gasteiger partial charge in [0.1, 0.15) is 0 Å². The third-order valence-corrected chi connectivity index (χ3v) is 7.26. The van der Waals surface area contributed by atoms with Crippen molar-refractivity contribution in [3.05, 3.63) is 16.1 Å². The van der Waals surface area contributed by atoms with Crippen molar-refractivity contribution < 1.29 is 4.79 Å². The first-order valence-corrected chi connectivity index (χ1v) is 10.5. The Kier molecular flexibility index (Phi) is 4.86. The molecule has 3 fully saturated rings. The van der Waals surface area contributed by atoms with E-state index in [1.54, 1.807) is 11.3 Å². The third-order valence-electron chi connectivity index (χ3n) is 6.34. The SMILES string of the molecule is Cc1ncsc1CN1C[C@H]2C[C@@H](C1)[C@H](CN(C)C)N1C(=O)CCC[C@@H]21. The maximum Gasteiger partial charge on any atom is 0.223 e. The van der Waals surface area contributed by atoms with E-state index in [1.807, 2.05) is 5.51 Å². The van der Waals surface area contributed by atoms with Gasteiger partial charge < -0.3 is 9.80 Å². The van der Waals surface area contributed by atoms with Crippen LogP contribution in [0.5, 0.6) is 0 Å². The van der Waals surface area contributed by atoms with E-state index in [1.165, 1.54) is 23.4 Å². The zero-order valence-electron chi connectivity index (χ0n) is 15.6. The summed E-state index contributed by atoms with van der Waals surface area (Å²) >= 11 is 1.78. The number of piperidine rings is 3. The molecule has 0 N–H and O–H groups in total. The summed E-state index contributed by atoms with van der Waals surface area (Å²) in [5.41, 5.74) is 3.14. The first-order chi connectivity index (χ1) is 12.0. The van der Waals surface area contributed by atoms with Crippen LogP contribution in [0.15, 0.2) is 5.51 Å². The molecule has 25 heavy (non-hydrogen) atoms. The minimum atomic E-state index is 0.384. The molecule has 6 heteroatoms. The van der Waals surface area contributed by atoms with Crippen LogP contribution in [0.25, 0.3) is 0 Å². The number of aryl methyl sites for hydroxylation is 1. The number of hydrogen-bond acceptors (Lipinski definition) is 5. The first-order valence-electron chi connectivity index (χ1n) is 9.60. The van der Waals surface area contributed by atoms with Gasteiger partial charge in [-0.05, 0) is 52.1 Å². The van der Waals surface area contributed by atoms with Gasteiger partial charge in [-0.2, -0.15) is 0 Å². The Labute approximate surface area is 155 Å². The number of fused-ring (bicyclic) bond motifs is 4.